The molecule has 4 aromatic rings. The van der Waals surface area contributed by atoms with E-state index in [1.807, 2.05) is 0 Å². The number of rotatable bonds is 5. The number of nitrogens with zero attached hydrogens (tertiary/aromatic N) is 4. The normalized spacial score (nSPS) is 11.5. The largest absolute Gasteiger partial charge is 0.497 e. The van der Waals surface area contributed by atoms with Crippen molar-refractivity contribution in [1.29, 1.82) is 0 Å². The van der Waals surface area contributed by atoms with Crippen molar-refractivity contribution in [3.8, 4) is 22.6 Å². The van der Waals surface area contributed by atoms with E-state index in [1.165, 1.54) is 40.8 Å². The molecule has 0 spiro atoms. The van der Waals surface area contributed by atoms with Gasteiger partial charge in [0, 0.05) is 42.0 Å². The van der Waals surface area contributed by atoms with Gasteiger partial charge in [0.05, 0.1) is 12.8 Å². The summed E-state index contributed by atoms with van der Waals surface area (Å²) >= 11 is 0. The zero-order valence-electron chi connectivity index (χ0n) is 17.6. The van der Waals surface area contributed by atoms with Gasteiger partial charge in [-0.2, -0.15) is 18.2 Å². The first-order valence-electron chi connectivity index (χ1n) is 9.71. The lowest BCUT2D eigenvalue weighted by Gasteiger charge is -2.14. The van der Waals surface area contributed by atoms with Crippen molar-refractivity contribution >= 4 is 17.0 Å². The molecule has 0 amide bonds. The van der Waals surface area contributed by atoms with E-state index < -0.39 is 18.3 Å². The molecule has 170 valence electrons. The number of benzene rings is 1. The van der Waals surface area contributed by atoms with Crippen LogP contribution < -0.4 is 21.2 Å². The molecule has 1 aromatic carbocycles. The number of halogens is 3. The Balaban J connectivity index is 1.96. The molecule has 3 heterocycles. The number of aromatic nitrogens is 4. The second-order valence-corrected chi connectivity index (χ2v) is 7.20. The van der Waals surface area contributed by atoms with Crippen molar-refractivity contribution < 1.29 is 17.9 Å². The summed E-state index contributed by atoms with van der Waals surface area (Å²) < 4.78 is 45.7. The van der Waals surface area contributed by atoms with Crippen LogP contribution >= 0.6 is 0 Å². The molecule has 0 aliphatic carbocycles. The zero-order chi connectivity index (χ0) is 23.8. The highest BCUT2D eigenvalue weighted by atomic mass is 19.4. The van der Waals surface area contributed by atoms with E-state index in [4.69, 9.17) is 4.74 Å². The monoisotopic (exact) mass is 457 g/mol. The number of anilines is 1. The van der Waals surface area contributed by atoms with Crippen LogP contribution in [0.3, 0.4) is 0 Å². The number of alkyl halides is 3. The molecular formula is C22H18F3N5O3. The van der Waals surface area contributed by atoms with Crippen molar-refractivity contribution in [2.24, 2.45) is 7.05 Å². The SMILES string of the molecule is COc1ccc(-n2c(=O)c(-c3ccc(=O)n(C)c3)cc3cnc(NCC(F)(F)F)nc32)cc1. The van der Waals surface area contributed by atoms with Crippen LogP contribution in [0.15, 0.2) is 64.4 Å². The van der Waals surface area contributed by atoms with Gasteiger partial charge >= 0.3 is 6.18 Å². The molecule has 3 aromatic heterocycles. The van der Waals surface area contributed by atoms with Crippen LogP contribution in [0.5, 0.6) is 5.75 Å². The van der Waals surface area contributed by atoms with Crippen LogP contribution in [-0.4, -0.2) is 38.9 Å². The Morgan fingerprint density at radius 3 is 2.45 bits per heavy atom. The maximum atomic E-state index is 13.5. The Labute approximate surface area is 184 Å². The fourth-order valence-corrected chi connectivity index (χ4v) is 3.29. The minimum atomic E-state index is -4.46. The molecule has 1 N–H and O–H groups in total. The van der Waals surface area contributed by atoms with Crippen LogP contribution in [0.2, 0.25) is 0 Å². The van der Waals surface area contributed by atoms with Gasteiger partial charge in [-0.3, -0.25) is 14.2 Å². The molecule has 0 fully saturated rings. The Kier molecular flexibility index (Phi) is 5.62. The van der Waals surface area contributed by atoms with Gasteiger partial charge in [-0.25, -0.2) is 4.98 Å². The molecule has 0 aliphatic rings. The highest BCUT2D eigenvalue weighted by Crippen LogP contribution is 2.24. The molecule has 0 saturated heterocycles. The summed E-state index contributed by atoms with van der Waals surface area (Å²) in [6.45, 7) is -1.32. The molecule has 4 rings (SSSR count). The smallest absolute Gasteiger partial charge is 0.405 e. The fourth-order valence-electron chi connectivity index (χ4n) is 3.29. The van der Waals surface area contributed by atoms with E-state index in [1.54, 1.807) is 37.4 Å². The topological polar surface area (TPSA) is 91.0 Å². The third kappa shape index (κ3) is 4.56. The van der Waals surface area contributed by atoms with Gasteiger partial charge in [0.15, 0.2) is 5.65 Å². The number of hydrogen-bond acceptors (Lipinski definition) is 6. The molecular weight excluding hydrogens is 439 g/mol. The second-order valence-electron chi connectivity index (χ2n) is 7.20. The number of nitrogens with one attached hydrogen (secondary N) is 1. The van der Waals surface area contributed by atoms with Crippen molar-refractivity contribution in [2.45, 2.75) is 6.18 Å². The third-order valence-electron chi connectivity index (χ3n) is 4.92. The van der Waals surface area contributed by atoms with Gasteiger partial charge in [-0.15, -0.1) is 0 Å². The Bertz CT molecular complexity index is 1440. The lowest BCUT2D eigenvalue weighted by Crippen LogP contribution is -2.24. The van der Waals surface area contributed by atoms with E-state index in [0.29, 0.717) is 22.4 Å². The van der Waals surface area contributed by atoms with Crippen LogP contribution in [-0.2, 0) is 7.05 Å². The highest BCUT2D eigenvalue weighted by Gasteiger charge is 2.27. The second kappa shape index (κ2) is 8.41. The minimum absolute atomic E-state index is 0.124. The Morgan fingerprint density at radius 2 is 1.82 bits per heavy atom. The number of pyridine rings is 2. The lowest BCUT2D eigenvalue weighted by atomic mass is 10.1. The Morgan fingerprint density at radius 1 is 1.09 bits per heavy atom. The number of aryl methyl sites for hydroxylation is 1. The minimum Gasteiger partial charge on any atom is -0.497 e. The predicted molar refractivity (Wildman–Crippen MR) is 117 cm³/mol. The van der Waals surface area contributed by atoms with Crippen LogP contribution in [0, 0.1) is 0 Å². The summed E-state index contributed by atoms with van der Waals surface area (Å²) in [5.74, 6) is 0.295. The fraction of sp³-hybridized carbons (Fsp3) is 0.182. The van der Waals surface area contributed by atoms with Crippen LogP contribution in [0.1, 0.15) is 0 Å². The summed E-state index contributed by atoms with van der Waals surface area (Å²) in [4.78, 5) is 33.5. The number of ether oxygens (including phenoxy) is 1. The maximum absolute atomic E-state index is 13.5. The molecule has 0 saturated carbocycles. The van der Waals surface area contributed by atoms with Gasteiger partial charge in [0.1, 0.15) is 12.3 Å². The average Bonchev–Trinajstić information content (AvgIpc) is 2.79. The summed E-state index contributed by atoms with van der Waals surface area (Å²) in [6.07, 6.45) is -1.59. The molecule has 0 radical (unpaired) electrons. The van der Waals surface area contributed by atoms with E-state index in [-0.39, 0.29) is 22.7 Å². The summed E-state index contributed by atoms with van der Waals surface area (Å²) in [6, 6.07) is 11.0. The van der Waals surface area contributed by atoms with E-state index in [9.17, 15) is 22.8 Å². The molecule has 0 atom stereocenters. The summed E-state index contributed by atoms with van der Waals surface area (Å²) in [5, 5.41) is 2.56. The van der Waals surface area contributed by atoms with Crippen LogP contribution in [0.25, 0.3) is 27.8 Å². The van der Waals surface area contributed by atoms with Crippen molar-refractivity contribution in [3.05, 3.63) is 75.6 Å². The highest BCUT2D eigenvalue weighted by molar-refractivity contribution is 5.83. The molecule has 0 bridgehead atoms. The first-order valence-corrected chi connectivity index (χ1v) is 9.71. The number of fused-ring (bicyclic) bond motifs is 1. The van der Waals surface area contributed by atoms with Crippen molar-refractivity contribution in [1.82, 2.24) is 19.1 Å². The maximum Gasteiger partial charge on any atom is 0.405 e. The van der Waals surface area contributed by atoms with E-state index in [0.717, 1.165) is 0 Å². The Hall–Kier alpha value is -4.15. The molecule has 0 aliphatic heterocycles. The molecule has 33 heavy (non-hydrogen) atoms. The van der Waals surface area contributed by atoms with Gasteiger partial charge < -0.3 is 14.6 Å². The molecule has 11 heteroatoms. The number of hydrogen-bond donors (Lipinski definition) is 1. The predicted octanol–water partition coefficient (Wildman–Crippen LogP) is 3.13. The zero-order valence-corrected chi connectivity index (χ0v) is 17.6. The summed E-state index contributed by atoms with van der Waals surface area (Å²) in [5.41, 5.74) is 0.612. The molecule has 0 unspecified atom stereocenters. The first-order chi connectivity index (χ1) is 15.7. The van der Waals surface area contributed by atoms with Gasteiger partial charge in [0.2, 0.25) is 11.5 Å². The average molecular weight is 457 g/mol. The molecule has 8 nitrogen and oxygen atoms in total. The lowest BCUT2D eigenvalue weighted by molar-refractivity contribution is -0.115. The van der Waals surface area contributed by atoms with E-state index in [2.05, 4.69) is 15.3 Å². The quantitative estimate of drug-likeness (QED) is 0.495. The van der Waals surface area contributed by atoms with E-state index >= 15 is 0 Å². The van der Waals surface area contributed by atoms with Gasteiger partial charge in [-0.1, -0.05) is 0 Å². The standard InChI is InChI=1S/C22H18F3N5O3/c1-29-11-13(3-8-18(29)31)17-9-14-10-26-21(27-12-22(23,24)25)28-19(14)30(20(17)32)15-4-6-16(33-2)7-5-15/h3-11H,12H2,1-2H3,(H,26,27,28). The summed E-state index contributed by atoms with van der Waals surface area (Å²) in [7, 11) is 3.07. The van der Waals surface area contributed by atoms with Crippen molar-refractivity contribution in [2.75, 3.05) is 19.0 Å². The van der Waals surface area contributed by atoms with Gasteiger partial charge in [0.25, 0.3) is 5.56 Å². The third-order valence-corrected chi connectivity index (χ3v) is 4.92. The van der Waals surface area contributed by atoms with Gasteiger partial charge in [-0.05, 0) is 36.4 Å². The van der Waals surface area contributed by atoms with Crippen molar-refractivity contribution in [3.63, 3.8) is 0 Å². The first kappa shape index (κ1) is 22.1. The number of methoxy groups -OCH3 is 1. The van der Waals surface area contributed by atoms with Crippen LogP contribution in [0.4, 0.5) is 19.1 Å².